The second-order valence-corrected chi connectivity index (χ2v) is 4.22. The maximum absolute atomic E-state index is 4.00. The van der Waals surface area contributed by atoms with Crippen molar-refractivity contribution in [2.45, 2.75) is 12.3 Å². The van der Waals surface area contributed by atoms with Gasteiger partial charge in [-0.3, -0.25) is 4.98 Å². The average Bonchev–Trinajstić information content (AvgIpc) is 2.32. The normalized spacial score (nSPS) is 17.4. The van der Waals surface area contributed by atoms with Gasteiger partial charge in [-0.1, -0.05) is 24.3 Å². The molecule has 1 atom stereocenters. The van der Waals surface area contributed by atoms with Gasteiger partial charge in [0.1, 0.15) is 0 Å². The number of pyridine rings is 1. The number of rotatable bonds is 3. The predicted octanol–water partition coefficient (Wildman–Crippen LogP) is 2.83. The van der Waals surface area contributed by atoms with Crippen molar-refractivity contribution >= 4 is 5.69 Å². The SMILES string of the molecule is c1ccc2c(c1)CC2CNc1ccncc1. The van der Waals surface area contributed by atoms with E-state index in [1.165, 1.54) is 17.5 Å². The van der Waals surface area contributed by atoms with E-state index in [0.29, 0.717) is 5.92 Å². The standard InChI is InChI=1S/C14H14N2/c1-2-4-14-11(3-1)9-12(14)10-16-13-5-7-15-8-6-13/h1-8,12H,9-10H2,(H,15,16). The molecule has 0 saturated heterocycles. The van der Waals surface area contributed by atoms with E-state index in [1.807, 2.05) is 24.5 Å². The van der Waals surface area contributed by atoms with E-state index in [1.54, 1.807) is 0 Å². The molecule has 2 heteroatoms. The highest BCUT2D eigenvalue weighted by Gasteiger charge is 2.24. The lowest BCUT2D eigenvalue weighted by molar-refractivity contribution is 0.636. The van der Waals surface area contributed by atoms with Gasteiger partial charge in [0.15, 0.2) is 0 Å². The Hall–Kier alpha value is -1.83. The van der Waals surface area contributed by atoms with Crippen LogP contribution in [-0.4, -0.2) is 11.5 Å². The van der Waals surface area contributed by atoms with Gasteiger partial charge in [-0.05, 0) is 29.7 Å². The van der Waals surface area contributed by atoms with Crippen LogP contribution < -0.4 is 5.32 Å². The number of hydrogen-bond donors (Lipinski definition) is 1. The minimum Gasteiger partial charge on any atom is -0.384 e. The molecule has 2 nitrogen and oxygen atoms in total. The Labute approximate surface area is 95.3 Å². The van der Waals surface area contributed by atoms with E-state index in [2.05, 4.69) is 34.6 Å². The van der Waals surface area contributed by atoms with Crippen LogP contribution in [0, 0.1) is 0 Å². The highest BCUT2D eigenvalue weighted by atomic mass is 14.9. The molecular formula is C14H14N2. The Morgan fingerprint density at radius 2 is 1.94 bits per heavy atom. The van der Waals surface area contributed by atoms with Crippen molar-refractivity contribution in [2.75, 3.05) is 11.9 Å². The molecule has 1 unspecified atom stereocenters. The van der Waals surface area contributed by atoms with Crippen LogP contribution in [0.5, 0.6) is 0 Å². The van der Waals surface area contributed by atoms with Crippen molar-refractivity contribution in [1.82, 2.24) is 4.98 Å². The molecule has 3 rings (SSSR count). The van der Waals surface area contributed by atoms with Gasteiger partial charge in [-0.15, -0.1) is 0 Å². The van der Waals surface area contributed by atoms with Crippen LogP contribution in [0.25, 0.3) is 0 Å². The Bertz CT molecular complexity index is 479. The lowest BCUT2D eigenvalue weighted by Gasteiger charge is -2.30. The van der Waals surface area contributed by atoms with E-state index in [9.17, 15) is 0 Å². The zero-order valence-electron chi connectivity index (χ0n) is 9.06. The molecule has 1 aliphatic rings. The number of fused-ring (bicyclic) bond motifs is 1. The van der Waals surface area contributed by atoms with Gasteiger partial charge in [0, 0.05) is 30.5 Å². The van der Waals surface area contributed by atoms with Crippen molar-refractivity contribution < 1.29 is 0 Å². The van der Waals surface area contributed by atoms with Crippen LogP contribution in [0.2, 0.25) is 0 Å². The maximum atomic E-state index is 4.00. The van der Waals surface area contributed by atoms with Gasteiger partial charge in [-0.25, -0.2) is 0 Å². The third kappa shape index (κ3) is 1.67. The summed E-state index contributed by atoms with van der Waals surface area (Å²) in [6.07, 6.45) is 4.84. The summed E-state index contributed by atoms with van der Waals surface area (Å²) in [6.45, 7) is 1.01. The molecule has 1 N–H and O–H groups in total. The van der Waals surface area contributed by atoms with E-state index in [0.717, 1.165) is 12.2 Å². The van der Waals surface area contributed by atoms with Gasteiger partial charge in [0.2, 0.25) is 0 Å². The summed E-state index contributed by atoms with van der Waals surface area (Å²) in [4.78, 5) is 4.00. The molecule has 2 aromatic rings. The fraction of sp³-hybridized carbons (Fsp3) is 0.214. The third-order valence-corrected chi connectivity index (χ3v) is 3.19. The predicted molar refractivity (Wildman–Crippen MR) is 65.6 cm³/mol. The molecule has 0 aliphatic heterocycles. The zero-order chi connectivity index (χ0) is 10.8. The number of nitrogens with one attached hydrogen (secondary N) is 1. The summed E-state index contributed by atoms with van der Waals surface area (Å²) in [7, 11) is 0. The van der Waals surface area contributed by atoms with Crippen molar-refractivity contribution in [3.8, 4) is 0 Å². The highest BCUT2D eigenvalue weighted by Crippen LogP contribution is 2.34. The summed E-state index contributed by atoms with van der Waals surface area (Å²) in [5.74, 6) is 0.671. The molecule has 0 radical (unpaired) electrons. The first-order chi connectivity index (χ1) is 7.93. The van der Waals surface area contributed by atoms with Crippen LogP contribution in [0.4, 0.5) is 5.69 Å². The summed E-state index contributed by atoms with van der Waals surface area (Å²) >= 11 is 0. The maximum Gasteiger partial charge on any atom is 0.0371 e. The molecule has 80 valence electrons. The van der Waals surface area contributed by atoms with Crippen molar-refractivity contribution in [3.05, 3.63) is 59.9 Å². The fourth-order valence-corrected chi connectivity index (χ4v) is 2.26. The van der Waals surface area contributed by atoms with Crippen LogP contribution in [0.1, 0.15) is 17.0 Å². The molecular weight excluding hydrogens is 196 g/mol. The molecule has 1 aromatic heterocycles. The van der Waals surface area contributed by atoms with E-state index >= 15 is 0 Å². The highest BCUT2D eigenvalue weighted by molar-refractivity contribution is 5.45. The molecule has 0 fully saturated rings. The van der Waals surface area contributed by atoms with Gasteiger partial charge in [0.25, 0.3) is 0 Å². The first kappa shape index (κ1) is 9.40. The number of nitrogens with zero attached hydrogens (tertiary/aromatic N) is 1. The lowest BCUT2D eigenvalue weighted by atomic mass is 9.77. The summed E-state index contributed by atoms with van der Waals surface area (Å²) in [6, 6.07) is 12.7. The third-order valence-electron chi connectivity index (χ3n) is 3.19. The van der Waals surface area contributed by atoms with Crippen LogP contribution in [0.3, 0.4) is 0 Å². The van der Waals surface area contributed by atoms with Gasteiger partial charge in [-0.2, -0.15) is 0 Å². The number of anilines is 1. The second kappa shape index (κ2) is 3.97. The molecule has 0 saturated carbocycles. The van der Waals surface area contributed by atoms with Crippen molar-refractivity contribution in [3.63, 3.8) is 0 Å². The van der Waals surface area contributed by atoms with Gasteiger partial charge in [0.05, 0.1) is 0 Å². The average molecular weight is 210 g/mol. The molecule has 1 aliphatic carbocycles. The number of benzene rings is 1. The molecule has 1 heterocycles. The summed E-state index contributed by atoms with van der Waals surface area (Å²) in [5, 5.41) is 3.45. The Kier molecular flexibility index (Phi) is 2.33. The fourth-order valence-electron chi connectivity index (χ4n) is 2.26. The van der Waals surface area contributed by atoms with Crippen LogP contribution >= 0.6 is 0 Å². The molecule has 16 heavy (non-hydrogen) atoms. The van der Waals surface area contributed by atoms with E-state index in [-0.39, 0.29) is 0 Å². The lowest BCUT2D eigenvalue weighted by Crippen LogP contribution is -2.24. The van der Waals surface area contributed by atoms with Crippen LogP contribution in [-0.2, 0) is 6.42 Å². The largest absolute Gasteiger partial charge is 0.384 e. The monoisotopic (exact) mass is 210 g/mol. The minimum absolute atomic E-state index is 0.671. The topological polar surface area (TPSA) is 24.9 Å². The molecule has 0 spiro atoms. The first-order valence-corrected chi connectivity index (χ1v) is 5.65. The second-order valence-electron chi connectivity index (χ2n) is 4.22. The van der Waals surface area contributed by atoms with Gasteiger partial charge >= 0.3 is 0 Å². The summed E-state index contributed by atoms with van der Waals surface area (Å²) < 4.78 is 0. The number of aromatic nitrogens is 1. The Morgan fingerprint density at radius 3 is 2.75 bits per heavy atom. The van der Waals surface area contributed by atoms with Gasteiger partial charge < -0.3 is 5.32 Å². The smallest absolute Gasteiger partial charge is 0.0371 e. The van der Waals surface area contributed by atoms with Crippen molar-refractivity contribution in [1.29, 1.82) is 0 Å². The minimum atomic E-state index is 0.671. The molecule has 1 aromatic carbocycles. The molecule has 0 bridgehead atoms. The summed E-state index contributed by atoms with van der Waals surface area (Å²) in [5.41, 5.74) is 4.16. The zero-order valence-corrected chi connectivity index (χ0v) is 9.06. The van der Waals surface area contributed by atoms with Crippen molar-refractivity contribution in [2.24, 2.45) is 0 Å². The van der Waals surface area contributed by atoms with E-state index < -0.39 is 0 Å². The van der Waals surface area contributed by atoms with E-state index in [4.69, 9.17) is 0 Å². The van der Waals surface area contributed by atoms with Crippen LogP contribution in [0.15, 0.2) is 48.8 Å². The number of hydrogen-bond acceptors (Lipinski definition) is 2. The Balaban J connectivity index is 1.63. The molecule has 0 amide bonds. The quantitative estimate of drug-likeness (QED) is 0.842. The first-order valence-electron chi connectivity index (χ1n) is 5.65. The Morgan fingerprint density at radius 1 is 1.12 bits per heavy atom.